The summed E-state index contributed by atoms with van der Waals surface area (Å²) in [5.74, 6) is 0.0202. The molecule has 2 aromatic carbocycles. The number of benzene rings is 2. The molecule has 1 aliphatic rings. The highest BCUT2D eigenvalue weighted by Crippen LogP contribution is 2.20. The van der Waals surface area contributed by atoms with E-state index in [1.807, 2.05) is 60.4 Å². The van der Waals surface area contributed by atoms with Crippen LogP contribution in [0.1, 0.15) is 34.3 Å². The predicted octanol–water partition coefficient (Wildman–Crippen LogP) is 3.82. The van der Waals surface area contributed by atoms with Gasteiger partial charge in [-0.05, 0) is 43.5 Å². The number of rotatable bonds is 4. The summed E-state index contributed by atoms with van der Waals surface area (Å²) < 4.78 is 0. The highest BCUT2D eigenvalue weighted by atomic mass is 35.5. The molecule has 1 heterocycles. The van der Waals surface area contributed by atoms with Crippen LogP contribution in [0.5, 0.6) is 0 Å². The van der Waals surface area contributed by atoms with Gasteiger partial charge in [-0.1, -0.05) is 47.5 Å². The first-order valence-electron chi connectivity index (χ1n) is 8.91. The summed E-state index contributed by atoms with van der Waals surface area (Å²) in [5, 5.41) is 3.62. The molecule has 1 fully saturated rings. The van der Waals surface area contributed by atoms with E-state index in [0.717, 1.165) is 11.1 Å². The molecule has 2 amide bonds. The van der Waals surface area contributed by atoms with Crippen LogP contribution in [0.3, 0.4) is 0 Å². The van der Waals surface area contributed by atoms with E-state index >= 15 is 0 Å². The molecule has 2 aromatic rings. The number of hydrogen-bond donors (Lipinski definition) is 1. The van der Waals surface area contributed by atoms with E-state index in [9.17, 15) is 9.59 Å². The van der Waals surface area contributed by atoms with Gasteiger partial charge in [0.15, 0.2) is 0 Å². The van der Waals surface area contributed by atoms with Gasteiger partial charge < -0.3 is 10.2 Å². The molecule has 0 spiro atoms. The molecule has 1 saturated heterocycles. The number of carbonyl (C=O) groups is 2. The Labute approximate surface area is 159 Å². The molecule has 0 saturated carbocycles. The molecule has 1 N–H and O–H groups in total. The van der Waals surface area contributed by atoms with Crippen LogP contribution in [0.25, 0.3) is 0 Å². The van der Waals surface area contributed by atoms with Gasteiger partial charge in [-0.25, -0.2) is 0 Å². The number of amides is 2. The zero-order chi connectivity index (χ0) is 18.5. The van der Waals surface area contributed by atoms with E-state index in [-0.39, 0.29) is 17.7 Å². The van der Waals surface area contributed by atoms with Crippen molar-refractivity contribution in [2.75, 3.05) is 13.1 Å². The smallest absolute Gasteiger partial charge is 0.253 e. The van der Waals surface area contributed by atoms with Crippen molar-refractivity contribution in [2.24, 2.45) is 5.92 Å². The number of likely N-dealkylation sites (tertiary alicyclic amines) is 1. The lowest BCUT2D eigenvalue weighted by Crippen LogP contribution is -2.42. The van der Waals surface area contributed by atoms with E-state index in [1.54, 1.807) is 0 Å². The highest BCUT2D eigenvalue weighted by Gasteiger charge is 2.27. The summed E-state index contributed by atoms with van der Waals surface area (Å²) in [7, 11) is 0. The zero-order valence-electron chi connectivity index (χ0n) is 14.9. The number of halogens is 1. The van der Waals surface area contributed by atoms with Crippen molar-refractivity contribution < 1.29 is 9.59 Å². The third kappa shape index (κ3) is 4.44. The summed E-state index contributed by atoms with van der Waals surface area (Å²) in [5.41, 5.74) is 2.75. The minimum Gasteiger partial charge on any atom is -0.352 e. The molecule has 4 nitrogen and oxygen atoms in total. The van der Waals surface area contributed by atoms with Crippen molar-refractivity contribution >= 4 is 23.4 Å². The second-order valence-corrected chi connectivity index (χ2v) is 7.15. The molecule has 5 heteroatoms. The van der Waals surface area contributed by atoms with E-state index in [4.69, 9.17) is 11.6 Å². The minimum absolute atomic E-state index is 0.0346. The first kappa shape index (κ1) is 18.5. The number of nitrogens with one attached hydrogen (secondary N) is 1. The Kier molecular flexibility index (Phi) is 5.94. The normalized spacial score (nSPS) is 14.9. The molecular formula is C21H23ClN2O2. The van der Waals surface area contributed by atoms with Crippen molar-refractivity contribution in [3.63, 3.8) is 0 Å². The first-order chi connectivity index (χ1) is 12.5. The molecule has 0 bridgehead atoms. The molecule has 1 aliphatic heterocycles. The second-order valence-electron chi connectivity index (χ2n) is 6.74. The van der Waals surface area contributed by atoms with Gasteiger partial charge in [0.25, 0.3) is 5.91 Å². The van der Waals surface area contributed by atoms with Crippen LogP contribution < -0.4 is 5.32 Å². The maximum atomic E-state index is 12.5. The first-order valence-corrected chi connectivity index (χ1v) is 9.29. The second kappa shape index (κ2) is 8.37. The number of aryl methyl sites for hydroxylation is 1. The third-order valence-electron chi connectivity index (χ3n) is 4.86. The van der Waals surface area contributed by atoms with Crippen molar-refractivity contribution in [1.82, 2.24) is 10.2 Å². The number of hydrogen-bond acceptors (Lipinski definition) is 2. The van der Waals surface area contributed by atoms with Gasteiger partial charge in [0, 0.05) is 36.1 Å². The van der Waals surface area contributed by atoms with E-state index < -0.39 is 0 Å². The molecule has 0 atom stereocenters. The van der Waals surface area contributed by atoms with E-state index in [0.29, 0.717) is 43.1 Å². The van der Waals surface area contributed by atoms with Gasteiger partial charge in [0.1, 0.15) is 0 Å². The Morgan fingerprint density at radius 3 is 2.38 bits per heavy atom. The molecule has 0 aliphatic carbocycles. The average molecular weight is 371 g/mol. The zero-order valence-corrected chi connectivity index (χ0v) is 15.6. The van der Waals surface area contributed by atoms with Crippen molar-refractivity contribution in [2.45, 2.75) is 26.3 Å². The Balaban J connectivity index is 1.50. The maximum Gasteiger partial charge on any atom is 0.253 e. The molecule has 26 heavy (non-hydrogen) atoms. The van der Waals surface area contributed by atoms with Crippen LogP contribution >= 0.6 is 11.6 Å². The maximum absolute atomic E-state index is 12.5. The Bertz CT molecular complexity index is 781. The molecule has 0 unspecified atom stereocenters. The van der Waals surface area contributed by atoms with Crippen LogP contribution in [0.4, 0.5) is 0 Å². The number of nitrogens with zero attached hydrogens (tertiary/aromatic N) is 1. The number of piperidine rings is 1. The lowest BCUT2D eigenvalue weighted by atomic mass is 9.95. The minimum atomic E-state index is -0.0560. The topological polar surface area (TPSA) is 49.4 Å². The van der Waals surface area contributed by atoms with Gasteiger partial charge in [0.05, 0.1) is 0 Å². The van der Waals surface area contributed by atoms with Gasteiger partial charge >= 0.3 is 0 Å². The van der Waals surface area contributed by atoms with Gasteiger partial charge in [-0.3, -0.25) is 9.59 Å². The molecule has 0 radical (unpaired) electrons. The van der Waals surface area contributed by atoms with Crippen LogP contribution in [0.15, 0.2) is 48.5 Å². The summed E-state index contributed by atoms with van der Waals surface area (Å²) in [6.45, 7) is 3.65. The fourth-order valence-electron chi connectivity index (χ4n) is 3.19. The van der Waals surface area contributed by atoms with Gasteiger partial charge in [0.2, 0.25) is 5.91 Å². The van der Waals surface area contributed by atoms with Crippen LogP contribution in [0.2, 0.25) is 5.02 Å². The Hall–Kier alpha value is -2.33. The molecule has 0 aromatic heterocycles. The van der Waals surface area contributed by atoms with Crippen LogP contribution in [-0.4, -0.2) is 29.8 Å². The summed E-state index contributed by atoms with van der Waals surface area (Å²) >= 11 is 6.12. The summed E-state index contributed by atoms with van der Waals surface area (Å²) in [6, 6.07) is 15.1. The highest BCUT2D eigenvalue weighted by molar-refractivity contribution is 6.31. The summed E-state index contributed by atoms with van der Waals surface area (Å²) in [4.78, 5) is 26.8. The number of carbonyl (C=O) groups excluding carboxylic acids is 2. The van der Waals surface area contributed by atoms with Gasteiger partial charge in [-0.2, -0.15) is 0 Å². The lowest BCUT2D eigenvalue weighted by Gasteiger charge is -2.31. The molecule has 136 valence electrons. The van der Waals surface area contributed by atoms with Crippen LogP contribution in [-0.2, 0) is 11.3 Å². The van der Waals surface area contributed by atoms with Crippen molar-refractivity contribution in [3.05, 3.63) is 70.2 Å². The fourth-order valence-corrected chi connectivity index (χ4v) is 3.39. The van der Waals surface area contributed by atoms with E-state index in [1.165, 1.54) is 0 Å². The summed E-state index contributed by atoms with van der Waals surface area (Å²) in [6.07, 6.45) is 1.37. The Morgan fingerprint density at radius 2 is 1.73 bits per heavy atom. The SMILES string of the molecule is Cc1ccc(C(=O)N2CCC(C(=O)NCc3ccccc3Cl)CC2)cc1. The largest absolute Gasteiger partial charge is 0.352 e. The molecular weight excluding hydrogens is 348 g/mol. The van der Waals surface area contributed by atoms with Crippen LogP contribution in [0, 0.1) is 12.8 Å². The van der Waals surface area contributed by atoms with Crippen molar-refractivity contribution in [1.29, 1.82) is 0 Å². The van der Waals surface area contributed by atoms with Gasteiger partial charge in [-0.15, -0.1) is 0 Å². The third-order valence-corrected chi connectivity index (χ3v) is 5.23. The standard InChI is InChI=1S/C21H23ClN2O2/c1-15-6-8-17(9-7-15)21(26)24-12-10-16(11-13-24)20(25)23-14-18-4-2-3-5-19(18)22/h2-9,16H,10-14H2,1H3,(H,23,25). The average Bonchev–Trinajstić information content (AvgIpc) is 2.67. The Morgan fingerprint density at radius 1 is 1.08 bits per heavy atom. The quantitative estimate of drug-likeness (QED) is 0.889. The lowest BCUT2D eigenvalue weighted by molar-refractivity contribution is -0.126. The predicted molar refractivity (Wildman–Crippen MR) is 103 cm³/mol. The monoisotopic (exact) mass is 370 g/mol. The van der Waals surface area contributed by atoms with Crippen molar-refractivity contribution in [3.8, 4) is 0 Å². The molecule has 3 rings (SSSR count). The fraction of sp³-hybridized carbons (Fsp3) is 0.333. The van der Waals surface area contributed by atoms with E-state index in [2.05, 4.69) is 5.32 Å².